The number of anilines is 3. The smallest absolute Gasteiger partial charge is 0.290 e. The van der Waals surface area contributed by atoms with E-state index < -0.39 is 11.7 Å². The first-order valence-electron chi connectivity index (χ1n) is 11.2. The predicted octanol–water partition coefficient (Wildman–Crippen LogP) is 3.71. The van der Waals surface area contributed by atoms with Crippen LogP contribution < -0.4 is 16.2 Å². The van der Waals surface area contributed by atoms with Crippen LogP contribution in [0.2, 0.25) is 0 Å². The van der Waals surface area contributed by atoms with Crippen LogP contribution in [0.15, 0.2) is 47.5 Å². The third kappa shape index (κ3) is 5.14. The number of carbonyl (C=O) groups is 1. The lowest BCUT2D eigenvalue weighted by molar-refractivity contribution is 0.102. The Hall–Kier alpha value is -4.41. The molecule has 11 heteroatoms. The van der Waals surface area contributed by atoms with E-state index in [9.17, 15) is 14.0 Å². The molecule has 0 radical (unpaired) electrons. The monoisotopic (exact) mass is 490 g/mol. The topological polar surface area (TPSA) is 120 Å². The van der Waals surface area contributed by atoms with Gasteiger partial charge in [0, 0.05) is 43.0 Å². The molecule has 10 nitrogen and oxygen atoms in total. The van der Waals surface area contributed by atoms with E-state index in [0.717, 1.165) is 11.4 Å². The van der Waals surface area contributed by atoms with Gasteiger partial charge < -0.3 is 10.6 Å². The molecule has 186 valence electrons. The van der Waals surface area contributed by atoms with Crippen molar-refractivity contribution >= 4 is 23.1 Å². The first-order chi connectivity index (χ1) is 16.9. The summed E-state index contributed by atoms with van der Waals surface area (Å²) in [7, 11) is 3.32. The van der Waals surface area contributed by atoms with Crippen LogP contribution in [0.3, 0.4) is 0 Å². The second-order valence-electron chi connectivity index (χ2n) is 9.48. The Morgan fingerprint density at radius 3 is 2.33 bits per heavy atom. The summed E-state index contributed by atoms with van der Waals surface area (Å²) in [5.74, 6) is -0.714. The Kier molecular flexibility index (Phi) is 6.40. The number of halogens is 1. The van der Waals surface area contributed by atoms with Crippen molar-refractivity contribution in [1.29, 1.82) is 0 Å². The van der Waals surface area contributed by atoms with Crippen molar-refractivity contribution in [2.24, 2.45) is 14.1 Å². The van der Waals surface area contributed by atoms with Gasteiger partial charge in [-0.1, -0.05) is 20.8 Å². The highest BCUT2D eigenvalue weighted by molar-refractivity contribution is 6.03. The minimum Gasteiger partial charge on any atom is -0.334 e. The van der Waals surface area contributed by atoms with Gasteiger partial charge in [0.1, 0.15) is 17.2 Å². The fourth-order valence-electron chi connectivity index (χ4n) is 3.40. The van der Waals surface area contributed by atoms with Crippen molar-refractivity contribution in [1.82, 2.24) is 29.5 Å². The van der Waals surface area contributed by atoms with Gasteiger partial charge in [0.2, 0.25) is 0 Å². The maximum Gasteiger partial charge on any atom is 0.290 e. The molecule has 1 aromatic carbocycles. The van der Waals surface area contributed by atoms with E-state index in [0.29, 0.717) is 17.1 Å². The van der Waals surface area contributed by atoms with Crippen molar-refractivity contribution < 1.29 is 9.18 Å². The normalized spacial score (nSPS) is 11.4. The predicted molar refractivity (Wildman–Crippen MR) is 135 cm³/mol. The minimum absolute atomic E-state index is 0.0512. The van der Waals surface area contributed by atoms with Crippen LogP contribution in [-0.4, -0.2) is 35.4 Å². The van der Waals surface area contributed by atoms with E-state index in [1.807, 2.05) is 33.8 Å². The van der Waals surface area contributed by atoms with Crippen LogP contribution in [0.5, 0.6) is 0 Å². The zero-order valence-corrected chi connectivity index (χ0v) is 20.9. The van der Waals surface area contributed by atoms with Crippen molar-refractivity contribution in [2.75, 3.05) is 10.6 Å². The molecule has 0 atom stereocenters. The van der Waals surface area contributed by atoms with Crippen LogP contribution in [0.25, 0.3) is 11.3 Å². The average Bonchev–Trinajstić information content (AvgIpc) is 3.14. The number of rotatable bonds is 5. The molecule has 1 amide bonds. The van der Waals surface area contributed by atoms with Crippen LogP contribution in [0.4, 0.5) is 21.6 Å². The maximum absolute atomic E-state index is 14.6. The molecule has 0 unspecified atom stereocenters. The van der Waals surface area contributed by atoms with Crippen molar-refractivity contribution in [2.45, 2.75) is 33.1 Å². The first kappa shape index (κ1) is 24.7. The number of carbonyl (C=O) groups excluding carboxylic acids is 1. The van der Waals surface area contributed by atoms with E-state index in [-0.39, 0.29) is 28.0 Å². The molecular formula is C25H27FN8O2. The van der Waals surface area contributed by atoms with Crippen LogP contribution in [0.1, 0.15) is 42.6 Å². The van der Waals surface area contributed by atoms with E-state index in [1.54, 1.807) is 17.8 Å². The van der Waals surface area contributed by atoms with Gasteiger partial charge in [-0.25, -0.2) is 14.1 Å². The molecule has 36 heavy (non-hydrogen) atoms. The number of aryl methyl sites for hydroxylation is 3. The van der Waals surface area contributed by atoms with E-state index >= 15 is 0 Å². The van der Waals surface area contributed by atoms with Gasteiger partial charge in [-0.15, -0.1) is 0 Å². The van der Waals surface area contributed by atoms with Gasteiger partial charge in [-0.2, -0.15) is 10.2 Å². The van der Waals surface area contributed by atoms with E-state index in [4.69, 9.17) is 0 Å². The van der Waals surface area contributed by atoms with Crippen molar-refractivity contribution in [3.8, 4) is 11.3 Å². The molecule has 3 aromatic heterocycles. The molecule has 0 aliphatic rings. The van der Waals surface area contributed by atoms with Crippen molar-refractivity contribution in [3.63, 3.8) is 0 Å². The highest BCUT2D eigenvalue weighted by atomic mass is 19.1. The number of aromatic nitrogens is 6. The molecule has 3 heterocycles. The Bertz CT molecular complexity index is 1480. The molecule has 0 aliphatic carbocycles. The summed E-state index contributed by atoms with van der Waals surface area (Å²) in [6.07, 6.45) is 2.90. The summed E-state index contributed by atoms with van der Waals surface area (Å²) in [4.78, 5) is 33.8. The number of hydrogen-bond donors (Lipinski definition) is 2. The van der Waals surface area contributed by atoms with Crippen LogP contribution >= 0.6 is 0 Å². The second kappa shape index (κ2) is 9.33. The lowest BCUT2D eigenvalue weighted by Gasteiger charge is -2.16. The molecule has 0 saturated heterocycles. The van der Waals surface area contributed by atoms with Gasteiger partial charge in [0.05, 0.1) is 23.3 Å². The number of nitrogens with one attached hydrogen (secondary N) is 2. The third-order valence-electron chi connectivity index (χ3n) is 5.60. The van der Waals surface area contributed by atoms with Gasteiger partial charge in [-0.05, 0) is 31.2 Å². The average molecular weight is 491 g/mol. The molecule has 4 aromatic rings. The second-order valence-corrected chi connectivity index (χ2v) is 9.48. The van der Waals surface area contributed by atoms with Gasteiger partial charge in [0.25, 0.3) is 11.5 Å². The zero-order chi connectivity index (χ0) is 26.2. The maximum atomic E-state index is 14.6. The molecule has 0 fully saturated rings. The molecule has 0 spiro atoms. The SMILES string of the molecule is Cc1cc(Nc2cc(-c3ccc(F)c(NC(=O)c4cnc(C(C)(C)C)cn4)c3)nn(C)c2=O)nn1C. The summed E-state index contributed by atoms with van der Waals surface area (Å²) in [5, 5.41) is 14.2. The minimum atomic E-state index is -0.626. The standard InChI is InChI=1S/C25H27FN8O2/c1-14-9-22(32-33(14)5)29-19-11-17(31-34(6)24(19)36)15-7-8-16(26)18(10-15)30-23(35)20-12-28-21(13-27-20)25(2,3)4/h7-13H,1-6H3,(H,29,32)(H,30,35). The first-order valence-corrected chi connectivity index (χ1v) is 11.2. The number of benzene rings is 1. The molecule has 0 bridgehead atoms. The lowest BCUT2D eigenvalue weighted by Crippen LogP contribution is -2.22. The fraction of sp³-hybridized carbons (Fsp3) is 0.280. The van der Waals surface area contributed by atoms with Gasteiger partial charge >= 0.3 is 0 Å². The molecular weight excluding hydrogens is 463 g/mol. The lowest BCUT2D eigenvalue weighted by atomic mass is 9.93. The summed E-state index contributed by atoms with van der Waals surface area (Å²) < 4.78 is 17.5. The highest BCUT2D eigenvalue weighted by Crippen LogP contribution is 2.26. The Morgan fingerprint density at radius 1 is 0.972 bits per heavy atom. The quantitative estimate of drug-likeness (QED) is 0.438. The summed E-state index contributed by atoms with van der Waals surface area (Å²) >= 11 is 0. The van der Waals surface area contributed by atoms with Crippen LogP contribution in [0, 0.1) is 12.7 Å². The Labute approximate surface area is 207 Å². The van der Waals surface area contributed by atoms with Gasteiger partial charge in [-0.3, -0.25) is 19.3 Å². The number of amides is 1. The summed E-state index contributed by atoms with van der Waals surface area (Å²) in [6, 6.07) is 7.56. The largest absolute Gasteiger partial charge is 0.334 e. The molecule has 0 aliphatic heterocycles. The third-order valence-corrected chi connectivity index (χ3v) is 5.60. The van der Waals surface area contributed by atoms with E-state index in [2.05, 4.69) is 30.8 Å². The van der Waals surface area contributed by atoms with E-state index in [1.165, 1.54) is 42.3 Å². The fourth-order valence-corrected chi connectivity index (χ4v) is 3.40. The Morgan fingerprint density at radius 2 is 1.72 bits per heavy atom. The molecule has 4 rings (SSSR count). The number of hydrogen-bond acceptors (Lipinski definition) is 7. The zero-order valence-electron chi connectivity index (χ0n) is 20.9. The molecule has 0 saturated carbocycles. The van der Waals surface area contributed by atoms with Gasteiger partial charge in [0.15, 0.2) is 5.82 Å². The highest BCUT2D eigenvalue weighted by Gasteiger charge is 2.18. The summed E-state index contributed by atoms with van der Waals surface area (Å²) in [6.45, 7) is 7.86. The summed E-state index contributed by atoms with van der Waals surface area (Å²) in [5.41, 5.74) is 2.25. The van der Waals surface area contributed by atoms with Crippen LogP contribution in [-0.2, 0) is 19.5 Å². The number of nitrogens with zero attached hydrogens (tertiary/aromatic N) is 6. The van der Waals surface area contributed by atoms with Crippen molar-refractivity contribution in [3.05, 3.63) is 76.0 Å². The Balaban J connectivity index is 1.62. The molecule has 2 N–H and O–H groups in total.